The fourth-order valence-electron chi connectivity index (χ4n) is 2.88. The normalized spacial score (nSPS) is 12.2. The van der Waals surface area contributed by atoms with Gasteiger partial charge in [-0.15, -0.1) is 0 Å². The third kappa shape index (κ3) is 5.16. The van der Waals surface area contributed by atoms with E-state index in [1.54, 1.807) is 42.5 Å². The summed E-state index contributed by atoms with van der Waals surface area (Å²) in [5, 5.41) is 3.34. The van der Waals surface area contributed by atoms with Gasteiger partial charge in [0.15, 0.2) is 0 Å². The van der Waals surface area contributed by atoms with Crippen molar-refractivity contribution in [1.29, 1.82) is 0 Å². The van der Waals surface area contributed by atoms with Crippen LogP contribution in [0.5, 0.6) is 0 Å². The first-order valence-electron chi connectivity index (χ1n) is 9.05. The van der Waals surface area contributed by atoms with Crippen LogP contribution in [0.3, 0.4) is 0 Å². The lowest BCUT2D eigenvalue weighted by Crippen LogP contribution is -2.41. The Morgan fingerprint density at radius 1 is 0.931 bits per heavy atom. The Balaban J connectivity index is 1.87. The van der Waals surface area contributed by atoms with E-state index in [2.05, 4.69) is 5.32 Å². The van der Waals surface area contributed by atoms with Crippen LogP contribution >= 0.6 is 11.6 Å². The van der Waals surface area contributed by atoms with Gasteiger partial charge in [0.25, 0.3) is 10.0 Å². The maximum absolute atomic E-state index is 13.2. The van der Waals surface area contributed by atoms with E-state index < -0.39 is 15.9 Å². The number of benzene rings is 3. The van der Waals surface area contributed by atoms with Gasteiger partial charge >= 0.3 is 0 Å². The molecule has 0 aliphatic rings. The molecule has 150 valence electrons. The van der Waals surface area contributed by atoms with Crippen LogP contribution in [-0.4, -0.2) is 20.9 Å². The van der Waals surface area contributed by atoms with Crippen molar-refractivity contribution in [3.05, 3.63) is 95.5 Å². The van der Waals surface area contributed by atoms with Crippen LogP contribution in [0, 0.1) is 0 Å². The number of rotatable bonds is 7. The van der Waals surface area contributed by atoms with Crippen LogP contribution in [0.15, 0.2) is 89.8 Å². The van der Waals surface area contributed by atoms with Crippen LogP contribution in [0.2, 0.25) is 5.02 Å². The smallest absolute Gasteiger partial charge is 0.264 e. The van der Waals surface area contributed by atoms with Crippen molar-refractivity contribution in [3.8, 4) is 0 Å². The fraction of sp³-hybridized carbons (Fsp3) is 0.136. The van der Waals surface area contributed by atoms with Crippen LogP contribution in [0.4, 0.5) is 5.69 Å². The van der Waals surface area contributed by atoms with Crippen LogP contribution in [0.25, 0.3) is 0 Å². The van der Waals surface area contributed by atoms with Gasteiger partial charge < -0.3 is 5.32 Å². The summed E-state index contributed by atoms with van der Waals surface area (Å²) in [6.45, 7) is 1.50. The second-order valence-electron chi connectivity index (χ2n) is 6.50. The Hall–Kier alpha value is -2.83. The molecular formula is C22H21ClN2O3S. The highest BCUT2D eigenvalue weighted by molar-refractivity contribution is 7.92. The number of carbonyl (C=O) groups is 1. The van der Waals surface area contributed by atoms with Gasteiger partial charge in [0.05, 0.1) is 16.6 Å². The second kappa shape index (κ2) is 9.11. The van der Waals surface area contributed by atoms with E-state index in [1.165, 1.54) is 12.1 Å². The minimum atomic E-state index is -3.93. The summed E-state index contributed by atoms with van der Waals surface area (Å²) in [5.74, 6) is -0.407. The molecule has 3 aromatic rings. The number of carbonyl (C=O) groups excluding carboxylic acids is 1. The molecule has 0 radical (unpaired) electrons. The van der Waals surface area contributed by atoms with Crippen molar-refractivity contribution in [2.24, 2.45) is 0 Å². The van der Waals surface area contributed by atoms with Crippen LogP contribution in [0.1, 0.15) is 18.5 Å². The molecule has 0 saturated carbocycles. The number of hydrogen-bond acceptors (Lipinski definition) is 3. The molecule has 0 fully saturated rings. The molecule has 3 rings (SSSR count). The quantitative estimate of drug-likeness (QED) is 0.606. The van der Waals surface area contributed by atoms with Crippen LogP contribution in [-0.2, 0) is 14.8 Å². The molecule has 1 atom stereocenters. The van der Waals surface area contributed by atoms with E-state index in [-0.39, 0.29) is 17.5 Å². The first kappa shape index (κ1) is 20.9. The molecule has 0 heterocycles. The Labute approximate surface area is 176 Å². The minimum Gasteiger partial charge on any atom is -0.348 e. The van der Waals surface area contributed by atoms with Gasteiger partial charge in [0, 0.05) is 5.02 Å². The molecule has 1 N–H and O–H groups in total. The number of anilines is 1. The van der Waals surface area contributed by atoms with Crippen LogP contribution < -0.4 is 9.62 Å². The van der Waals surface area contributed by atoms with Gasteiger partial charge in [-0.3, -0.25) is 9.10 Å². The average molecular weight is 429 g/mol. The zero-order valence-electron chi connectivity index (χ0n) is 15.8. The maximum Gasteiger partial charge on any atom is 0.264 e. The van der Waals surface area contributed by atoms with Crippen molar-refractivity contribution in [2.75, 3.05) is 10.8 Å². The predicted molar refractivity (Wildman–Crippen MR) is 115 cm³/mol. The van der Waals surface area contributed by atoms with E-state index in [9.17, 15) is 13.2 Å². The Morgan fingerprint density at radius 2 is 1.48 bits per heavy atom. The van der Waals surface area contributed by atoms with Gasteiger partial charge in [0.1, 0.15) is 6.54 Å². The summed E-state index contributed by atoms with van der Waals surface area (Å²) < 4.78 is 27.5. The lowest BCUT2D eigenvalue weighted by Gasteiger charge is -2.25. The number of amides is 1. The highest BCUT2D eigenvalue weighted by atomic mass is 35.5. The van der Waals surface area contributed by atoms with Crippen molar-refractivity contribution in [2.45, 2.75) is 17.9 Å². The van der Waals surface area contributed by atoms with Crippen molar-refractivity contribution < 1.29 is 13.2 Å². The third-order valence-electron chi connectivity index (χ3n) is 4.41. The summed E-state index contributed by atoms with van der Waals surface area (Å²) in [4.78, 5) is 12.8. The van der Waals surface area contributed by atoms with Gasteiger partial charge in [-0.25, -0.2) is 8.42 Å². The zero-order chi connectivity index (χ0) is 20.9. The molecule has 29 heavy (non-hydrogen) atoms. The molecule has 1 amide bonds. The fourth-order valence-corrected chi connectivity index (χ4v) is 4.45. The largest absolute Gasteiger partial charge is 0.348 e. The number of halogens is 1. The highest BCUT2D eigenvalue weighted by Gasteiger charge is 2.27. The molecule has 0 bridgehead atoms. The zero-order valence-corrected chi connectivity index (χ0v) is 17.4. The van der Waals surface area contributed by atoms with Crippen molar-refractivity contribution >= 4 is 33.2 Å². The number of sulfonamides is 1. The molecule has 7 heteroatoms. The first-order valence-corrected chi connectivity index (χ1v) is 10.9. The standard InChI is InChI=1S/C22H21ClN2O3S/c1-17(18-8-4-2-5-9-18)24-22(26)16-25(20-14-12-19(23)13-15-20)29(27,28)21-10-6-3-7-11-21/h2-15,17H,16H2,1H3,(H,24,26)/t17-/m1/s1. The first-order chi connectivity index (χ1) is 13.9. The SMILES string of the molecule is C[C@@H](NC(=O)CN(c1ccc(Cl)cc1)S(=O)(=O)c1ccccc1)c1ccccc1. The summed E-state index contributed by atoms with van der Waals surface area (Å²) in [6, 6.07) is 23.6. The van der Waals surface area contributed by atoms with Gasteiger partial charge in [-0.05, 0) is 48.9 Å². The lowest BCUT2D eigenvalue weighted by atomic mass is 10.1. The summed E-state index contributed by atoms with van der Waals surface area (Å²) in [6.07, 6.45) is 0. The molecule has 3 aromatic carbocycles. The predicted octanol–water partition coefficient (Wildman–Crippen LogP) is 4.41. The van der Waals surface area contributed by atoms with E-state index >= 15 is 0 Å². The summed E-state index contributed by atoms with van der Waals surface area (Å²) >= 11 is 5.94. The van der Waals surface area contributed by atoms with Crippen molar-refractivity contribution in [1.82, 2.24) is 5.32 Å². The Kier molecular flexibility index (Phi) is 6.56. The molecule has 0 aliphatic heterocycles. The van der Waals surface area contributed by atoms with Gasteiger partial charge in [-0.1, -0.05) is 60.1 Å². The van der Waals surface area contributed by atoms with E-state index in [0.717, 1.165) is 9.87 Å². The summed E-state index contributed by atoms with van der Waals surface area (Å²) in [7, 11) is -3.93. The number of nitrogens with zero attached hydrogens (tertiary/aromatic N) is 1. The van der Waals surface area contributed by atoms with Crippen molar-refractivity contribution in [3.63, 3.8) is 0 Å². The monoisotopic (exact) mass is 428 g/mol. The summed E-state index contributed by atoms with van der Waals surface area (Å²) in [5.41, 5.74) is 1.30. The second-order valence-corrected chi connectivity index (χ2v) is 8.80. The lowest BCUT2D eigenvalue weighted by molar-refractivity contribution is -0.120. The molecule has 0 aliphatic carbocycles. The molecule has 0 saturated heterocycles. The molecule has 0 spiro atoms. The average Bonchev–Trinajstić information content (AvgIpc) is 2.74. The Morgan fingerprint density at radius 3 is 2.07 bits per heavy atom. The topological polar surface area (TPSA) is 66.5 Å². The maximum atomic E-state index is 13.2. The molecule has 5 nitrogen and oxygen atoms in total. The molecular weight excluding hydrogens is 408 g/mol. The molecule has 0 aromatic heterocycles. The number of hydrogen-bond donors (Lipinski definition) is 1. The van der Waals surface area contributed by atoms with E-state index in [0.29, 0.717) is 10.7 Å². The third-order valence-corrected chi connectivity index (χ3v) is 6.45. The van der Waals surface area contributed by atoms with Gasteiger partial charge in [0.2, 0.25) is 5.91 Å². The Bertz CT molecular complexity index is 1060. The van der Waals surface area contributed by atoms with Gasteiger partial charge in [-0.2, -0.15) is 0 Å². The minimum absolute atomic E-state index is 0.110. The van der Waals surface area contributed by atoms with E-state index in [4.69, 9.17) is 11.6 Å². The number of nitrogens with one attached hydrogen (secondary N) is 1. The van der Waals surface area contributed by atoms with E-state index in [1.807, 2.05) is 37.3 Å². The highest BCUT2D eigenvalue weighted by Crippen LogP contribution is 2.25. The molecule has 0 unspecified atom stereocenters.